The van der Waals surface area contributed by atoms with Gasteiger partial charge in [-0.05, 0) is 18.8 Å². The summed E-state index contributed by atoms with van der Waals surface area (Å²) in [5, 5.41) is 10.7. The zero-order chi connectivity index (χ0) is 13.6. The number of hydrogen-bond donors (Lipinski definition) is 2. The van der Waals surface area contributed by atoms with Gasteiger partial charge in [-0.25, -0.2) is 0 Å². The highest BCUT2D eigenvalue weighted by atomic mass is 19.4. The van der Waals surface area contributed by atoms with Crippen molar-refractivity contribution in [1.82, 2.24) is 0 Å². The Morgan fingerprint density at radius 2 is 2.06 bits per heavy atom. The molecule has 0 saturated carbocycles. The van der Waals surface area contributed by atoms with Crippen molar-refractivity contribution in [3.63, 3.8) is 0 Å². The maximum atomic E-state index is 12.6. The summed E-state index contributed by atoms with van der Waals surface area (Å²) in [7, 11) is 0. The second-order valence-corrected chi connectivity index (χ2v) is 4.21. The summed E-state index contributed by atoms with van der Waals surface area (Å²) < 4.78 is 47.8. The topological polar surface area (TPSA) is 77.1 Å². The highest BCUT2D eigenvalue weighted by molar-refractivity contribution is 5.83. The SMILES string of the molecule is NC(=NO)C(COCC1CCOCC1)C(F)(F)F. The van der Waals surface area contributed by atoms with Gasteiger partial charge in [-0.1, -0.05) is 5.16 Å². The maximum absolute atomic E-state index is 12.6. The van der Waals surface area contributed by atoms with Crippen LogP contribution in [0.15, 0.2) is 5.16 Å². The van der Waals surface area contributed by atoms with Crippen LogP contribution in [0.2, 0.25) is 0 Å². The normalized spacial score (nSPS) is 20.9. The molecule has 0 aromatic rings. The monoisotopic (exact) mass is 270 g/mol. The first-order chi connectivity index (χ1) is 8.45. The number of halogens is 3. The number of nitrogens with zero attached hydrogens (tertiary/aromatic N) is 1. The number of alkyl halides is 3. The van der Waals surface area contributed by atoms with Crippen LogP contribution in [0.5, 0.6) is 0 Å². The zero-order valence-electron chi connectivity index (χ0n) is 9.82. The fraction of sp³-hybridized carbons (Fsp3) is 0.900. The summed E-state index contributed by atoms with van der Waals surface area (Å²) >= 11 is 0. The fourth-order valence-corrected chi connectivity index (χ4v) is 1.68. The molecular formula is C10H17F3N2O3. The average Bonchev–Trinajstić information content (AvgIpc) is 2.33. The molecule has 1 saturated heterocycles. The van der Waals surface area contributed by atoms with Crippen molar-refractivity contribution in [3.05, 3.63) is 0 Å². The van der Waals surface area contributed by atoms with E-state index in [9.17, 15) is 13.2 Å². The van der Waals surface area contributed by atoms with E-state index < -0.39 is 24.5 Å². The number of oxime groups is 1. The van der Waals surface area contributed by atoms with Crippen molar-refractivity contribution in [2.24, 2.45) is 22.7 Å². The van der Waals surface area contributed by atoms with Gasteiger partial charge in [0.25, 0.3) is 0 Å². The lowest BCUT2D eigenvalue weighted by Gasteiger charge is -2.24. The smallest absolute Gasteiger partial charge is 0.401 e. The van der Waals surface area contributed by atoms with Crippen LogP contribution in [0.4, 0.5) is 13.2 Å². The molecular weight excluding hydrogens is 253 g/mol. The number of ether oxygens (including phenoxy) is 2. The molecule has 0 amide bonds. The molecule has 3 N–H and O–H groups in total. The third kappa shape index (κ3) is 4.69. The van der Waals surface area contributed by atoms with Gasteiger partial charge in [0, 0.05) is 19.8 Å². The number of amidine groups is 1. The van der Waals surface area contributed by atoms with Crippen LogP contribution in [0.1, 0.15) is 12.8 Å². The second kappa shape index (κ2) is 6.79. The van der Waals surface area contributed by atoms with Gasteiger partial charge in [0.2, 0.25) is 0 Å². The van der Waals surface area contributed by atoms with Gasteiger partial charge in [0.15, 0.2) is 5.84 Å². The van der Waals surface area contributed by atoms with E-state index in [-0.39, 0.29) is 12.5 Å². The molecule has 1 rings (SSSR count). The number of nitrogens with two attached hydrogens (primary N) is 1. The van der Waals surface area contributed by atoms with Crippen LogP contribution in [0, 0.1) is 11.8 Å². The largest absolute Gasteiger partial charge is 0.409 e. The maximum Gasteiger partial charge on any atom is 0.401 e. The molecule has 8 heteroatoms. The molecule has 1 fully saturated rings. The summed E-state index contributed by atoms with van der Waals surface area (Å²) in [6, 6.07) is 0. The average molecular weight is 270 g/mol. The van der Waals surface area contributed by atoms with Crippen molar-refractivity contribution in [2.75, 3.05) is 26.4 Å². The predicted octanol–water partition coefficient (Wildman–Crippen LogP) is 1.35. The molecule has 1 atom stereocenters. The molecule has 0 aromatic heterocycles. The Bertz CT molecular complexity index is 278. The highest BCUT2D eigenvalue weighted by Crippen LogP contribution is 2.27. The summed E-state index contributed by atoms with van der Waals surface area (Å²) in [6.07, 6.45) is -3.02. The Morgan fingerprint density at radius 1 is 1.44 bits per heavy atom. The first kappa shape index (κ1) is 15.0. The molecule has 0 radical (unpaired) electrons. The molecule has 0 aromatic carbocycles. The lowest BCUT2D eigenvalue weighted by atomic mass is 10.0. The molecule has 0 spiro atoms. The lowest BCUT2D eigenvalue weighted by Crippen LogP contribution is -2.39. The minimum Gasteiger partial charge on any atom is -0.409 e. The van der Waals surface area contributed by atoms with E-state index in [4.69, 9.17) is 20.4 Å². The zero-order valence-corrected chi connectivity index (χ0v) is 9.82. The van der Waals surface area contributed by atoms with Gasteiger partial charge < -0.3 is 20.4 Å². The summed E-state index contributed by atoms with van der Waals surface area (Å²) in [6.45, 7) is 0.819. The van der Waals surface area contributed by atoms with Gasteiger partial charge in [-0.2, -0.15) is 13.2 Å². The highest BCUT2D eigenvalue weighted by Gasteiger charge is 2.43. The Balaban J connectivity index is 2.37. The van der Waals surface area contributed by atoms with E-state index in [0.29, 0.717) is 13.2 Å². The van der Waals surface area contributed by atoms with Crippen molar-refractivity contribution in [1.29, 1.82) is 0 Å². The number of rotatable bonds is 5. The third-order valence-corrected chi connectivity index (χ3v) is 2.85. The van der Waals surface area contributed by atoms with Gasteiger partial charge in [-0.3, -0.25) is 0 Å². The van der Waals surface area contributed by atoms with E-state index >= 15 is 0 Å². The van der Waals surface area contributed by atoms with Crippen LogP contribution in [-0.4, -0.2) is 43.6 Å². The summed E-state index contributed by atoms with van der Waals surface area (Å²) in [5.41, 5.74) is 5.00. The van der Waals surface area contributed by atoms with Gasteiger partial charge in [-0.15, -0.1) is 0 Å². The lowest BCUT2D eigenvalue weighted by molar-refractivity contribution is -0.170. The minimum absolute atomic E-state index is 0.208. The third-order valence-electron chi connectivity index (χ3n) is 2.85. The number of hydrogen-bond acceptors (Lipinski definition) is 4. The minimum atomic E-state index is -4.58. The second-order valence-electron chi connectivity index (χ2n) is 4.21. The Morgan fingerprint density at radius 3 is 2.56 bits per heavy atom. The van der Waals surface area contributed by atoms with Gasteiger partial charge >= 0.3 is 6.18 Å². The predicted molar refractivity (Wildman–Crippen MR) is 57.3 cm³/mol. The van der Waals surface area contributed by atoms with Crippen molar-refractivity contribution >= 4 is 5.84 Å². The molecule has 1 unspecified atom stereocenters. The molecule has 0 bridgehead atoms. The van der Waals surface area contributed by atoms with Crippen LogP contribution in [0.3, 0.4) is 0 Å². The van der Waals surface area contributed by atoms with E-state index in [2.05, 4.69) is 5.16 Å². The molecule has 0 aliphatic carbocycles. The molecule has 18 heavy (non-hydrogen) atoms. The van der Waals surface area contributed by atoms with Crippen molar-refractivity contribution < 1.29 is 27.9 Å². The van der Waals surface area contributed by atoms with Crippen LogP contribution in [0.25, 0.3) is 0 Å². The molecule has 1 aliphatic rings. The van der Waals surface area contributed by atoms with Crippen LogP contribution >= 0.6 is 0 Å². The quantitative estimate of drug-likeness (QED) is 0.342. The van der Waals surface area contributed by atoms with Crippen LogP contribution < -0.4 is 5.73 Å². The summed E-state index contributed by atoms with van der Waals surface area (Å²) in [4.78, 5) is 0. The first-order valence-electron chi connectivity index (χ1n) is 5.64. The first-order valence-corrected chi connectivity index (χ1v) is 5.64. The van der Waals surface area contributed by atoms with E-state index in [1.807, 2.05) is 0 Å². The molecule has 5 nitrogen and oxygen atoms in total. The Kier molecular flexibility index (Phi) is 5.67. The van der Waals surface area contributed by atoms with Crippen molar-refractivity contribution in [2.45, 2.75) is 19.0 Å². The van der Waals surface area contributed by atoms with Crippen LogP contribution in [-0.2, 0) is 9.47 Å². The molecule has 1 heterocycles. The van der Waals surface area contributed by atoms with Gasteiger partial charge in [0.05, 0.1) is 6.61 Å². The van der Waals surface area contributed by atoms with E-state index in [1.54, 1.807) is 0 Å². The molecule has 1 aliphatic heterocycles. The van der Waals surface area contributed by atoms with E-state index in [0.717, 1.165) is 12.8 Å². The summed E-state index contributed by atoms with van der Waals surface area (Å²) in [5.74, 6) is -2.74. The Hall–Kier alpha value is -1.02. The van der Waals surface area contributed by atoms with Gasteiger partial charge in [0.1, 0.15) is 5.92 Å². The fourth-order valence-electron chi connectivity index (χ4n) is 1.68. The molecule has 106 valence electrons. The standard InChI is InChI=1S/C10H17F3N2O3/c11-10(12,13)8(9(14)15-16)6-18-5-7-1-3-17-4-2-7/h7-8,16H,1-6H2,(H2,14,15). The Labute approximate surface area is 103 Å². The van der Waals surface area contributed by atoms with Crippen molar-refractivity contribution in [3.8, 4) is 0 Å². The van der Waals surface area contributed by atoms with E-state index in [1.165, 1.54) is 0 Å².